The standard InChI is InChI=1S/C18H17FN6/c1-2-4-13-15(22-12-25-10-8-20-17(13)25)11-24-9-7-21-18(24)14-5-3-6-16(19)23-14/h3,5-10,12H,2,4,11H2,1H3. The smallest absolute Gasteiger partial charge is 0.213 e. The predicted octanol–water partition coefficient (Wildman–Crippen LogP) is 3.13. The van der Waals surface area contributed by atoms with E-state index in [9.17, 15) is 4.39 Å². The number of nitrogens with zero attached hydrogens (tertiary/aromatic N) is 6. The molecular weight excluding hydrogens is 319 g/mol. The summed E-state index contributed by atoms with van der Waals surface area (Å²) < 4.78 is 17.3. The van der Waals surface area contributed by atoms with E-state index in [-0.39, 0.29) is 0 Å². The van der Waals surface area contributed by atoms with Crippen LogP contribution in [0.2, 0.25) is 0 Å². The van der Waals surface area contributed by atoms with Gasteiger partial charge in [-0.3, -0.25) is 4.40 Å². The molecule has 0 aliphatic heterocycles. The van der Waals surface area contributed by atoms with Crippen LogP contribution in [0.5, 0.6) is 0 Å². The van der Waals surface area contributed by atoms with Crippen LogP contribution in [0.25, 0.3) is 17.2 Å². The van der Waals surface area contributed by atoms with Crippen LogP contribution >= 0.6 is 0 Å². The molecule has 0 spiro atoms. The third-order valence-electron chi connectivity index (χ3n) is 4.10. The van der Waals surface area contributed by atoms with Gasteiger partial charge in [-0.15, -0.1) is 0 Å². The molecule has 0 aromatic carbocycles. The van der Waals surface area contributed by atoms with Crippen molar-refractivity contribution in [3.8, 4) is 11.5 Å². The highest BCUT2D eigenvalue weighted by atomic mass is 19.1. The Morgan fingerprint density at radius 1 is 1.08 bits per heavy atom. The molecule has 0 fully saturated rings. The summed E-state index contributed by atoms with van der Waals surface area (Å²) in [5, 5.41) is 0. The molecule has 4 aromatic rings. The van der Waals surface area contributed by atoms with Crippen molar-refractivity contribution in [2.24, 2.45) is 0 Å². The van der Waals surface area contributed by atoms with Crippen molar-refractivity contribution in [1.82, 2.24) is 28.9 Å². The summed E-state index contributed by atoms with van der Waals surface area (Å²) >= 11 is 0. The summed E-state index contributed by atoms with van der Waals surface area (Å²) in [6.07, 6.45) is 10.9. The molecule has 0 unspecified atom stereocenters. The Morgan fingerprint density at radius 2 is 1.96 bits per heavy atom. The van der Waals surface area contributed by atoms with Gasteiger partial charge in [0, 0.05) is 30.4 Å². The molecule has 0 bridgehead atoms. The van der Waals surface area contributed by atoms with Crippen LogP contribution in [0.1, 0.15) is 24.6 Å². The fraction of sp³-hybridized carbons (Fsp3) is 0.222. The summed E-state index contributed by atoms with van der Waals surface area (Å²) in [6, 6.07) is 4.71. The average molecular weight is 336 g/mol. The minimum atomic E-state index is -0.518. The predicted molar refractivity (Wildman–Crippen MR) is 91.5 cm³/mol. The molecule has 0 N–H and O–H groups in total. The van der Waals surface area contributed by atoms with E-state index >= 15 is 0 Å². The van der Waals surface area contributed by atoms with Gasteiger partial charge in [0.2, 0.25) is 5.95 Å². The molecule has 0 saturated heterocycles. The van der Waals surface area contributed by atoms with Gasteiger partial charge in [-0.1, -0.05) is 19.4 Å². The van der Waals surface area contributed by atoms with Gasteiger partial charge in [-0.2, -0.15) is 4.39 Å². The quantitative estimate of drug-likeness (QED) is 0.525. The summed E-state index contributed by atoms with van der Waals surface area (Å²) in [7, 11) is 0. The zero-order valence-corrected chi connectivity index (χ0v) is 13.8. The molecule has 0 amide bonds. The van der Waals surface area contributed by atoms with Gasteiger partial charge in [-0.25, -0.2) is 19.9 Å². The number of fused-ring (bicyclic) bond motifs is 1. The second kappa shape index (κ2) is 6.43. The molecule has 4 heterocycles. The van der Waals surface area contributed by atoms with Gasteiger partial charge in [0.1, 0.15) is 17.7 Å². The molecule has 0 saturated carbocycles. The van der Waals surface area contributed by atoms with Crippen molar-refractivity contribution in [2.75, 3.05) is 0 Å². The Labute approximate surface area is 144 Å². The molecule has 0 radical (unpaired) electrons. The van der Waals surface area contributed by atoms with Crippen LogP contribution in [0.4, 0.5) is 4.39 Å². The lowest BCUT2D eigenvalue weighted by Crippen LogP contribution is -2.09. The molecule has 4 rings (SSSR count). The van der Waals surface area contributed by atoms with Gasteiger partial charge in [-0.05, 0) is 18.6 Å². The van der Waals surface area contributed by atoms with Crippen molar-refractivity contribution < 1.29 is 4.39 Å². The zero-order chi connectivity index (χ0) is 17.2. The first-order chi connectivity index (χ1) is 12.3. The first kappa shape index (κ1) is 15.4. The van der Waals surface area contributed by atoms with Crippen LogP contribution in [0, 0.1) is 5.95 Å². The van der Waals surface area contributed by atoms with Crippen LogP contribution < -0.4 is 0 Å². The number of hydrogen-bond acceptors (Lipinski definition) is 4. The number of rotatable bonds is 5. The molecule has 0 atom stereocenters. The Hall–Kier alpha value is -3.09. The minimum Gasteiger partial charge on any atom is -0.324 e. The number of aromatic nitrogens is 6. The maximum absolute atomic E-state index is 13.4. The van der Waals surface area contributed by atoms with E-state index in [2.05, 4.69) is 26.9 Å². The molecular formula is C18H17FN6. The molecule has 6 nitrogen and oxygen atoms in total. The SMILES string of the molecule is CCCc1c(Cn2ccnc2-c2cccc(F)n2)ncn2ccnc12. The van der Waals surface area contributed by atoms with E-state index in [1.807, 2.05) is 21.4 Å². The highest BCUT2D eigenvalue weighted by molar-refractivity contribution is 5.52. The number of imidazole rings is 2. The Kier molecular flexibility index (Phi) is 3.97. The van der Waals surface area contributed by atoms with Crippen LogP contribution in [-0.2, 0) is 13.0 Å². The minimum absolute atomic E-state index is 0.504. The highest BCUT2D eigenvalue weighted by Gasteiger charge is 2.14. The first-order valence-electron chi connectivity index (χ1n) is 8.19. The lowest BCUT2D eigenvalue weighted by Gasteiger charge is -2.12. The summed E-state index contributed by atoms with van der Waals surface area (Å²) in [4.78, 5) is 17.3. The van der Waals surface area contributed by atoms with Gasteiger partial charge in [0.05, 0.1) is 12.2 Å². The fourth-order valence-electron chi connectivity index (χ4n) is 2.99. The Morgan fingerprint density at radius 3 is 2.80 bits per heavy atom. The number of hydrogen-bond donors (Lipinski definition) is 0. The summed E-state index contributed by atoms with van der Waals surface area (Å²) in [5.74, 6) is 0.0996. The number of halogens is 1. The van der Waals surface area contributed by atoms with Crippen molar-refractivity contribution in [2.45, 2.75) is 26.3 Å². The molecule has 25 heavy (non-hydrogen) atoms. The topological polar surface area (TPSA) is 60.9 Å². The molecule has 0 aliphatic carbocycles. The molecule has 0 aliphatic rings. The van der Waals surface area contributed by atoms with Crippen LogP contribution in [0.15, 0.2) is 49.3 Å². The van der Waals surface area contributed by atoms with Crippen molar-refractivity contribution >= 4 is 5.65 Å². The van der Waals surface area contributed by atoms with Gasteiger partial charge in [0.25, 0.3) is 0 Å². The van der Waals surface area contributed by atoms with E-state index in [1.165, 1.54) is 6.07 Å². The first-order valence-corrected chi connectivity index (χ1v) is 8.19. The van der Waals surface area contributed by atoms with E-state index in [4.69, 9.17) is 0 Å². The third-order valence-corrected chi connectivity index (χ3v) is 4.10. The monoisotopic (exact) mass is 336 g/mol. The second-order valence-electron chi connectivity index (χ2n) is 5.80. The third kappa shape index (κ3) is 2.88. The van der Waals surface area contributed by atoms with Crippen LogP contribution in [0.3, 0.4) is 0 Å². The molecule has 126 valence electrons. The summed E-state index contributed by atoms with van der Waals surface area (Å²) in [5.41, 5.74) is 3.50. The van der Waals surface area contributed by atoms with Gasteiger partial charge >= 0.3 is 0 Å². The lowest BCUT2D eigenvalue weighted by atomic mass is 10.1. The second-order valence-corrected chi connectivity index (χ2v) is 5.80. The maximum Gasteiger partial charge on any atom is 0.213 e. The van der Waals surface area contributed by atoms with E-state index in [0.717, 1.165) is 29.7 Å². The number of pyridine rings is 1. The maximum atomic E-state index is 13.4. The van der Waals surface area contributed by atoms with Crippen molar-refractivity contribution in [3.05, 3.63) is 66.5 Å². The Bertz CT molecular complexity index is 1020. The van der Waals surface area contributed by atoms with Crippen molar-refractivity contribution in [3.63, 3.8) is 0 Å². The molecule has 7 heteroatoms. The van der Waals surface area contributed by atoms with Crippen LogP contribution in [-0.4, -0.2) is 28.9 Å². The molecule has 4 aromatic heterocycles. The normalized spacial score (nSPS) is 11.3. The van der Waals surface area contributed by atoms with Crippen molar-refractivity contribution in [1.29, 1.82) is 0 Å². The van der Waals surface area contributed by atoms with Gasteiger partial charge < -0.3 is 4.57 Å². The largest absolute Gasteiger partial charge is 0.324 e. The lowest BCUT2D eigenvalue weighted by molar-refractivity contribution is 0.584. The summed E-state index contributed by atoms with van der Waals surface area (Å²) in [6.45, 7) is 2.67. The number of aryl methyl sites for hydroxylation is 1. The highest BCUT2D eigenvalue weighted by Crippen LogP contribution is 2.20. The van der Waals surface area contributed by atoms with E-state index < -0.39 is 5.95 Å². The zero-order valence-electron chi connectivity index (χ0n) is 13.8. The average Bonchev–Trinajstić information content (AvgIpc) is 3.26. The Balaban J connectivity index is 1.75. The fourth-order valence-corrected chi connectivity index (χ4v) is 2.99. The van der Waals surface area contributed by atoms with E-state index in [0.29, 0.717) is 18.1 Å². The van der Waals surface area contributed by atoms with E-state index in [1.54, 1.807) is 30.9 Å². The van der Waals surface area contributed by atoms with Gasteiger partial charge in [0.15, 0.2) is 5.82 Å².